The highest BCUT2D eigenvalue weighted by Crippen LogP contribution is 2.07. The van der Waals surface area contributed by atoms with Gasteiger partial charge in [-0.05, 0) is 6.42 Å². The van der Waals surface area contributed by atoms with Crippen molar-refractivity contribution in [3.63, 3.8) is 0 Å². The molecule has 0 radical (unpaired) electrons. The van der Waals surface area contributed by atoms with Gasteiger partial charge in [0.05, 0.1) is 5.51 Å². The van der Waals surface area contributed by atoms with Gasteiger partial charge in [0.25, 0.3) is 0 Å². The first-order valence-electron chi connectivity index (χ1n) is 3.41. The molecule has 3 nitrogen and oxygen atoms in total. The Hall–Kier alpha value is -0.900. The van der Waals surface area contributed by atoms with Crippen molar-refractivity contribution in [2.24, 2.45) is 0 Å². The van der Waals surface area contributed by atoms with Crippen LogP contribution in [0.3, 0.4) is 0 Å². The quantitative estimate of drug-likeness (QED) is 0.729. The van der Waals surface area contributed by atoms with E-state index in [2.05, 4.69) is 10.3 Å². The van der Waals surface area contributed by atoms with Crippen LogP contribution in [0.15, 0.2) is 11.7 Å². The molecule has 0 fully saturated rings. The Bertz CT molecular complexity index is 220. The Labute approximate surface area is 69.5 Å². The van der Waals surface area contributed by atoms with E-state index in [0.29, 0.717) is 6.42 Å². The van der Waals surface area contributed by atoms with Gasteiger partial charge in [-0.25, -0.2) is 0 Å². The van der Waals surface area contributed by atoms with E-state index in [1.54, 1.807) is 30.1 Å². The highest BCUT2D eigenvalue weighted by molar-refractivity contribution is 7.09. The van der Waals surface area contributed by atoms with Crippen molar-refractivity contribution in [1.82, 2.24) is 10.3 Å². The number of aromatic nitrogens is 1. The summed E-state index contributed by atoms with van der Waals surface area (Å²) in [5.41, 5.74) is 1.78. The van der Waals surface area contributed by atoms with E-state index >= 15 is 0 Å². The van der Waals surface area contributed by atoms with Crippen LogP contribution in [0.4, 0.5) is 0 Å². The molecule has 0 saturated carbocycles. The molecule has 1 heterocycles. The van der Waals surface area contributed by atoms with Crippen LogP contribution in [0.5, 0.6) is 0 Å². The lowest BCUT2D eigenvalue weighted by Gasteiger charge is -1.95. The number of amides is 1. The maximum Gasteiger partial charge on any atom is 0.220 e. The molecule has 1 N–H and O–H groups in total. The monoisotopic (exact) mass is 170 g/mol. The smallest absolute Gasteiger partial charge is 0.220 e. The maximum atomic E-state index is 10.8. The van der Waals surface area contributed by atoms with Crippen molar-refractivity contribution in [3.8, 4) is 0 Å². The minimum atomic E-state index is 0.0819. The van der Waals surface area contributed by atoms with Gasteiger partial charge in [0.15, 0.2) is 0 Å². The second-order valence-electron chi connectivity index (χ2n) is 2.14. The fourth-order valence-electron chi connectivity index (χ4n) is 0.727. The van der Waals surface area contributed by atoms with Crippen LogP contribution in [0.25, 0.3) is 0 Å². The third-order valence-electron chi connectivity index (χ3n) is 1.36. The Balaban J connectivity index is 2.29. The Morgan fingerprint density at radius 1 is 1.82 bits per heavy atom. The summed E-state index contributed by atoms with van der Waals surface area (Å²) in [5.74, 6) is 0.0819. The molecule has 1 aromatic heterocycles. The predicted molar refractivity (Wildman–Crippen MR) is 44.5 cm³/mol. The number of carbonyl (C=O) groups is 1. The van der Waals surface area contributed by atoms with E-state index in [-0.39, 0.29) is 5.91 Å². The first-order chi connectivity index (χ1) is 5.33. The van der Waals surface area contributed by atoms with Gasteiger partial charge in [-0.15, -0.1) is 11.3 Å². The summed E-state index contributed by atoms with van der Waals surface area (Å²) in [6, 6.07) is 0. The van der Waals surface area contributed by atoms with Gasteiger partial charge in [0, 0.05) is 24.5 Å². The summed E-state index contributed by atoms with van der Waals surface area (Å²) in [4.78, 5) is 15.9. The molecule has 1 aromatic rings. The lowest BCUT2D eigenvalue weighted by atomic mass is 10.3. The summed E-state index contributed by atoms with van der Waals surface area (Å²) >= 11 is 1.58. The minimum Gasteiger partial charge on any atom is -0.359 e. The van der Waals surface area contributed by atoms with E-state index in [0.717, 1.165) is 11.3 Å². The number of hydrogen-bond donors (Lipinski definition) is 1. The largest absolute Gasteiger partial charge is 0.359 e. The molecular formula is C7H10N2OS. The summed E-state index contributed by atoms with van der Waals surface area (Å²) in [6.07, 6.45) is 3.15. The molecule has 0 aliphatic rings. The molecule has 0 saturated heterocycles. The van der Waals surface area contributed by atoms with Gasteiger partial charge in [-0.2, -0.15) is 0 Å². The lowest BCUT2D eigenvalue weighted by molar-refractivity contribution is -0.120. The third kappa shape index (κ3) is 2.67. The van der Waals surface area contributed by atoms with Crippen molar-refractivity contribution >= 4 is 17.2 Å². The molecule has 1 rings (SSSR count). The molecule has 1 amide bonds. The first-order valence-corrected chi connectivity index (χ1v) is 4.29. The number of nitrogens with one attached hydrogen (secondary N) is 1. The summed E-state index contributed by atoms with van der Waals surface area (Å²) in [7, 11) is 1.65. The number of hydrogen-bond acceptors (Lipinski definition) is 3. The van der Waals surface area contributed by atoms with Gasteiger partial charge in [-0.1, -0.05) is 0 Å². The van der Waals surface area contributed by atoms with E-state index in [4.69, 9.17) is 0 Å². The summed E-state index contributed by atoms with van der Waals surface area (Å²) < 4.78 is 0. The van der Waals surface area contributed by atoms with Crippen LogP contribution in [0.1, 0.15) is 11.3 Å². The topological polar surface area (TPSA) is 42.0 Å². The third-order valence-corrected chi connectivity index (χ3v) is 2.20. The van der Waals surface area contributed by atoms with E-state index in [1.165, 1.54) is 0 Å². The molecule has 0 atom stereocenters. The SMILES string of the molecule is CNC(=O)CCc1cncs1. The van der Waals surface area contributed by atoms with Crippen LogP contribution in [-0.2, 0) is 11.2 Å². The molecule has 0 bridgehead atoms. The fraction of sp³-hybridized carbons (Fsp3) is 0.429. The van der Waals surface area contributed by atoms with Gasteiger partial charge in [0.2, 0.25) is 5.91 Å². The molecule has 0 aliphatic carbocycles. The zero-order valence-corrected chi connectivity index (χ0v) is 7.15. The molecule has 0 aliphatic heterocycles. The number of nitrogens with zero attached hydrogens (tertiary/aromatic N) is 1. The number of rotatable bonds is 3. The van der Waals surface area contributed by atoms with Gasteiger partial charge < -0.3 is 5.32 Å². The van der Waals surface area contributed by atoms with E-state index in [1.807, 2.05) is 0 Å². The molecule has 11 heavy (non-hydrogen) atoms. The summed E-state index contributed by atoms with van der Waals surface area (Å²) in [6.45, 7) is 0. The Morgan fingerprint density at radius 2 is 2.64 bits per heavy atom. The number of aryl methyl sites for hydroxylation is 1. The lowest BCUT2D eigenvalue weighted by Crippen LogP contribution is -2.17. The van der Waals surface area contributed by atoms with Crippen molar-refractivity contribution in [3.05, 3.63) is 16.6 Å². The molecule has 0 spiro atoms. The molecular weight excluding hydrogens is 160 g/mol. The average Bonchev–Trinajstić information content (AvgIpc) is 2.52. The fourth-order valence-corrected chi connectivity index (χ4v) is 1.33. The maximum absolute atomic E-state index is 10.8. The van der Waals surface area contributed by atoms with Crippen LogP contribution < -0.4 is 5.32 Å². The minimum absolute atomic E-state index is 0.0819. The highest BCUT2D eigenvalue weighted by Gasteiger charge is 1.99. The second kappa shape index (κ2) is 4.08. The molecule has 4 heteroatoms. The van der Waals surface area contributed by atoms with E-state index < -0.39 is 0 Å². The standard InChI is InChI=1S/C7H10N2OS/c1-8-7(10)3-2-6-4-9-5-11-6/h4-5H,2-3H2,1H3,(H,8,10). The Kier molecular flexibility index (Phi) is 3.04. The average molecular weight is 170 g/mol. The number of carbonyl (C=O) groups excluding carboxylic acids is 1. The van der Waals surface area contributed by atoms with Crippen molar-refractivity contribution in [2.75, 3.05) is 7.05 Å². The normalized spacial score (nSPS) is 9.55. The molecule has 60 valence electrons. The zero-order valence-electron chi connectivity index (χ0n) is 6.33. The van der Waals surface area contributed by atoms with Gasteiger partial charge in [-0.3, -0.25) is 9.78 Å². The van der Waals surface area contributed by atoms with Crippen LogP contribution >= 0.6 is 11.3 Å². The van der Waals surface area contributed by atoms with Crippen molar-refractivity contribution in [1.29, 1.82) is 0 Å². The van der Waals surface area contributed by atoms with E-state index in [9.17, 15) is 4.79 Å². The highest BCUT2D eigenvalue weighted by atomic mass is 32.1. The van der Waals surface area contributed by atoms with Crippen molar-refractivity contribution < 1.29 is 4.79 Å². The first kappa shape index (κ1) is 8.20. The van der Waals surface area contributed by atoms with Gasteiger partial charge in [0.1, 0.15) is 0 Å². The zero-order chi connectivity index (χ0) is 8.10. The summed E-state index contributed by atoms with van der Waals surface area (Å²) in [5, 5.41) is 2.57. The Morgan fingerprint density at radius 3 is 3.18 bits per heavy atom. The van der Waals surface area contributed by atoms with Crippen LogP contribution in [0.2, 0.25) is 0 Å². The van der Waals surface area contributed by atoms with Gasteiger partial charge >= 0.3 is 0 Å². The number of thiazole rings is 1. The van der Waals surface area contributed by atoms with Crippen molar-refractivity contribution in [2.45, 2.75) is 12.8 Å². The van der Waals surface area contributed by atoms with Crippen LogP contribution in [0, 0.1) is 0 Å². The molecule has 0 aromatic carbocycles. The van der Waals surface area contributed by atoms with Crippen LogP contribution in [-0.4, -0.2) is 17.9 Å². The molecule has 0 unspecified atom stereocenters. The predicted octanol–water partition coefficient (Wildman–Crippen LogP) is 0.822. The second-order valence-corrected chi connectivity index (χ2v) is 3.11.